The van der Waals surface area contributed by atoms with Gasteiger partial charge in [0.05, 0.1) is 6.54 Å². The van der Waals surface area contributed by atoms with Gasteiger partial charge < -0.3 is 0 Å². The predicted molar refractivity (Wildman–Crippen MR) is 84.5 cm³/mol. The highest BCUT2D eigenvalue weighted by atomic mass is 16.2. The second kappa shape index (κ2) is 6.11. The Bertz CT molecular complexity index is 549. The van der Waals surface area contributed by atoms with Gasteiger partial charge in [-0.25, -0.2) is 5.01 Å². The zero-order valence-corrected chi connectivity index (χ0v) is 13.3. The Morgan fingerprint density at radius 1 is 1.00 bits per heavy atom. The third kappa shape index (κ3) is 2.40. The van der Waals surface area contributed by atoms with E-state index in [1.54, 1.807) is 10.0 Å². The van der Waals surface area contributed by atoms with Crippen LogP contribution >= 0.6 is 0 Å². The van der Waals surface area contributed by atoms with Crippen LogP contribution in [0.4, 0.5) is 0 Å². The third-order valence-corrected chi connectivity index (χ3v) is 4.93. The third-order valence-electron chi connectivity index (χ3n) is 4.93. The Kier molecular flexibility index (Phi) is 4.19. The summed E-state index contributed by atoms with van der Waals surface area (Å²) in [6, 6.07) is 9.93. The molecule has 2 fully saturated rings. The summed E-state index contributed by atoms with van der Waals surface area (Å²) in [4.78, 5) is 25.9. The Hall–Kier alpha value is -1.84. The molecular weight excluding hydrogens is 276 g/mol. The van der Waals surface area contributed by atoms with Gasteiger partial charge in [-0.3, -0.25) is 14.6 Å². The van der Waals surface area contributed by atoms with Gasteiger partial charge >= 0.3 is 0 Å². The van der Waals surface area contributed by atoms with Crippen LogP contribution < -0.4 is 0 Å². The number of unbranched alkanes of at least 4 members (excludes halogenated alkanes) is 1. The molecule has 1 aromatic rings. The molecular formula is C18H24N2O2. The molecule has 118 valence electrons. The first kappa shape index (κ1) is 15.1. The molecule has 2 amide bonds. The van der Waals surface area contributed by atoms with Crippen LogP contribution in [0.1, 0.15) is 51.0 Å². The van der Waals surface area contributed by atoms with E-state index in [2.05, 4.69) is 6.92 Å². The Morgan fingerprint density at radius 2 is 1.64 bits per heavy atom. The molecule has 1 heterocycles. The van der Waals surface area contributed by atoms with Crippen molar-refractivity contribution >= 4 is 11.8 Å². The molecule has 22 heavy (non-hydrogen) atoms. The minimum Gasteiger partial charge on any atom is -0.272 e. The highest BCUT2D eigenvalue weighted by molar-refractivity contribution is 6.09. The van der Waals surface area contributed by atoms with Gasteiger partial charge in [-0.1, -0.05) is 56.5 Å². The van der Waals surface area contributed by atoms with Crippen LogP contribution in [-0.4, -0.2) is 28.4 Å². The van der Waals surface area contributed by atoms with Crippen molar-refractivity contribution in [3.8, 4) is 0 Å². The zero-order chi connectivity index (χ0) is 15.6. The lowest BCUT2D eigenvalue weighted by atomic mass is 9.85. The van der Waals surface area contributed by atoms with Crippen LogP contribution in [0.3, 0.4) is 0 Å². The summed E-state index contributed by atoms with van der Waals surface area (Å²) in [6.45, 7) is 3.25. The fourth-order valence-corrected chi connectivity index (χ4v) is 3.65. The van der Waals surface area contributed by atoms with E-state index in [-0.39, 0.29) is 11.8 Å². The van der Waals surface area contributed by atoms with Gasteiger partial charge in [0.15, 0.2) is 0 Å². The first-order chi connectivity index (χ1) is 10.7. The molecule has 0 bridgehead atoms. The van der Waals surface area contributed by atoms with Crippen molar-refractivity contribution in [3.05, 3.63) is 35.9 Å². The van der Waals surface area contributed by atoms with E-state index in [1.807, 2.05) is 30.3 Å². The molecule has 2 aliphatic rings. The minimum absolute atomic E-state index is 0.0231. The van der Waals surface area contributed by atoms with Crippen LogP contribution in [0.25, 0.3) is 0 Å². The summed E-state index contributed by atoms with van der Waals surface area (Å²) in [6.07, 6.45) is 5.36. The number of amides is 2. The van der Waals surface area contributed by atoms with E-state index in [0.29, 0.717) is 13.1 Å². The molecule has 1 aliphatic heterocycles. The molecule has 1 saturated heterocycles. The Labute approximate surface area is 132 Å². The molecule has 3 rings (SSSR count). The lowest BCUT2D eigenvalue weighted by molar-refractivity contribution is -0.148. The van der Waals surface area contributed by atoms with Gasteiger partial charge in [0.25, 0.3) is 11.8 Å². The predicted octanol–water partition coefficient (Wildman–Crippen LogP) is 3.13. The molecule has 1 saturated carbocycles. The second-order valence-corrected chi connectivity index (χ2v) is 6.42. The lowest BCUT2D eigenvalue weighted by Gasteiger charge is -2.27. The number of hydrogen-bond acceptors (Lipinski definition) is 2. The highest BCUT2D eigenvalue weighted by Crippen LogP contribution is 2.46. The average molecular weight is 300 g/mol. The number of carbonyl (C=O) groups is 2. The van der Waals surface area contributed by atoms with Crippen LogP contribution in [0.15, 0.2) is 30.3 Å². The van der Waals surface area contributed by atoms with Crippen LogP contribution in [-0.2, 0) is 16.1 Å². The minimum atomic E-state index is -0.747. The summed E-state index contributed by atoms with van der Waals surface area (Å²) in [5, 5.41) is 3.43. The molecule has 0 radical (unpaired) electrons. The average Bonchev–Trinajstić information content (AvgIpc) is 3.10. The fourth-order valence-electron chi connectivity index (χ4n) is 3.65. The number of nitrogens with zero attached hydrogens (tertiary/aromatic N) is 2. The maximum Gasteiger partial charge on any atom is 0.257 e. The highest BCUT2D eigenvalue weighted by Gasteiger charge is 2.58. The SMILES string of the molecule is CCCCN1C(=O)C2(CCCC2)C(=O)N1Cc1ccccc1. The first-order valence-corrected chi connectivity index (χ1v) is 8.37. The maximum absolute atomic E-state index is 13.0. The molecule has 0 unspecified atom stereocenters. The van der Waals surface area contributed by atoms with E-state index >= 15 is 0 Å². The summed E-state index contributed by atoms with van der Waals surface area (Å²) in [5.74, 6) is 0.0642. The standard InChI is InChI=1S/C18H24N2O2/c1-2-3-13-19-16(21)18(11-7-8-12-18)17(22)20(19)14-15-9-5-4-6-10-15/h4-6,9-10H,2-3,7-8,11-14H2,1H3. The van der Waals surface area contributed by atoms with Crippen molar-refractivity contribution in [3.63, 3.8) is 0 Å². The molecule has 0 atom stereocenters. The fraction of sp³-hybridized carbons (Fsp3) is 0.556. The smallest absolute Gasteiger partial charge is 0.257 e. The number of hydrazine groups is 1. The second-order valence-electron chi connectivity index (χ2n) is 6.42. The number of benzene rings is 1. The molecule has 1 aliphatic carbocycles. The van der Waals surface area contributed by atoms with Gasteiger partial charge in [0.1, 0.15) is 5.41 Å². The summed E-state index contributed by atoms with van der Waals surface area (Å²) in [5.41, 5.74) is 0.322. The van der Waals surface area contributed by atoms with Crippen molar-refractivity contribution < 1.29 is 9.59 Å². The summed E-state index contributed by atoms with van der Waals surface area (Å²) < 4.78 is 0. The van der Waals surface area contributed by atoms with Gasteiger partial charge in [-0.2, -0.15) is 0 Å². The molecule has 1 spiro atoms. The van der Waals surface area contributed by atoms with E-state index in [1.165, 1.54) is 0 Å². The molecule has 0 aromatic heterocycles. The number of hydrogen-bond donors (Lipinski definition) is 0. The van der Waals surface area contributed by atoms with Crippen molar-refractivity contribution in [2.45, 2.75) is 52.0 Å². The van der Waals surface area contributed by atoms with Crippen LogP contribution in [0.5, 0.6) is 0 Å². The quantitative estimate of drug-likeness (QED) is 0.784. The lowest BCUT2D eigenvalue weighted by Crippen LogP contribution is -2.40. The Morgan fingerprint density at radius 3 is 2.27 bits per heavy atom. The normalized spacial score (nSPS) is 20.4. The van der Waals surface area contributed by atoms with Crippen molar-refractivity contribution in [2.24, 2.45) is 5.41 Å². The van der Waals surface area contributed by atoms with E-state index in [9.17, 15) is 9.59 Å². The monoisotopic (exact) mass is 300 g/mol. The van der Waals surface area contributed by atoms with E-state index < -0.39 is 5.41 Å². The number of carbonyl (C=O) groups excluding carboxylic acids is 2. The maximum atomic E-state index is 13.0. The summed E-state index contributed by atoms with van der Waals surface area (Å²) in [7, 11) is 0. The molecule has 0 N–H and O–H groups in total. The van der Waals surface area contributed by atoms with Crippen LogP contribution in [0.2, 0.25) is 0 Å². The van der Waals surface area contributed by atoms with E-state index in [0.717, 1.165) is 44.1 Å². The van der Waals surface area contributed by atoms with Crippen LogP contribution in [0, 0.1) is 5.41 Å². The topological polar surface area (TPSA) is 40.6 Å². The first-order valence-electron chi connectivity index (χ1n) is 8.37. The van der Waals surface area contributed by atoms with E-state index in [4.69, 9.17) is 0 Å². The zero-order valence-electron chi connectivity index (χ0n) is 13.3. The van der Waals surface area contributed by atoms with Gasteiger partial charge in [-0.05, 0) is 24.8 Å². The van der Waals surface area contributed by atoms with Crippen molar-refractivity contribution in [2.75, 3.05) is 6.54 Å². The summed E-state index contributed by atoms with van der Waals surface area (Å²) >= 11 is 0. The Balaban J connectivity index is 1.87. The largest absolute Gasteiger partial charge is 0.272 e. The van der Waals surface area contributed by atoms with Crippen molar-refractivity contribution in [1.29, 1.82) is 0 Å². The molecule has 4 nitrogen and oxygen atoms in total. The van der Waals surface area contributed by atoms with Gasteiger partial charge in [-0.15, -0.1) is 0 Å². The van der Waals surface area contributed by atoms with Gasteiger partial charge in [0, 0.05) is 6.54 Å². The molecule has 4 heteroatoms. The number of rotatable bonds is 5. The molecule has 1 aromatic carbocycles. The van der Waals surface area contributed by atoms with Gasteiger partial charge in [0.2, 0.25) is 0 Å². The van der Waals surface area contributed by atoms with Crippen molar-refractivity contribution in [1.82, 2.24) is 10.0 Å².